The zero-order chi connectivity index (χ0) is 19.1. The second kappa shape index (κ2) is 10.1. The summed E-state index contributed by atoms with van der Waals surface area (Å²) < 4.78 is 5.81. The highest BCUT2D eigenvalue weighted by Gasteiger charge is 2.27. The van der Waals surface area contributed by atoms with Gasteiger partial charge in [0.2, 0.25) is 0 Å². The standard InChI is InChI=1S/C18H24ClIN2O3/c1-10(6-7-11(2)19)14-8-15(20)12(3)21-9-22-13(4)16(14)17(23)18(24)25-5/h6-7,17,21,23H,8-9H2,1-5H3/b10-6+,11-7+,15-12+,16-14?,22-13?. The second-order valence-electron chi connectivity index (χ2n) is 5.71. The minimum atomic E-state index is -1.39. The molecular formula is C18H24ClIN2O3. The third kappa shape index (κ3) is 6.27. The molecule has 1 rings (SSSR count). The van der Waals surface area contributed by atoms with Crippen LogP contribution < -0.4 is 5.32 Å². The number of aliphatic hydroxyl groups is 1. The van der Waals surface area contributed by atoms with Crippen LogP contribution in [0.5, 0.6) is 0 Å². The Morgan fingerprint density at radius 1 is 1.40 bits per heavy atom. The molecule has 7 heteroatoms. The van der Waals surface area contributed by atoms with Crippen molar-refractivity contribution in [2.45, 2.75) is 40.2 Å². The molecule has 25 heavy (non-hydrogen) atoms. The van der Waals surface area contributed by atoms with Crippen LogP contribution in [0.2, 0.25) is 0 Å². The molecule has 2 N–H and O–H groups in total. The maximum absolute atomic E-state index is 12.0. The third-order valence-corrected chi connectivity index (χ3v) is 5.17. The summed E-state index contributed by atoms with van der Waals surface area (Å²) in [6.45, 7) is 7.85. The molecule has 1 aliphatic heterocycles. The van der Waals surface area contributed by atoms with Crippen LogP contribution in [0, 0.1) is 0 Å². The van der Waals surface area contributed by atoms with Gasteiger partial charge in [-0.1, -0.05) is 17.7 Å². The van der Waals surface area contributed by atoms with Gasteiger partial charge in [0.25, 0.3) is 0 Å². The highest BCUT2D eigenvalue weighted by molar-refractivity contribution is 14.1. The number of carbonyl (C=O) groups is 1. The number of hydrogen-bond donors (Lipinski definition) is 2. The molecule has 0 bridgehead atoms. The monoisotopic (exact) mass is 478 g/mol. The summed E-state index contributed by atoms with van der Waals surface area (Å²) in [6, 6.07) is 0. The molecule has 5 nitrogen and oxygen atoms in total. The van der Waals surface area contributed by atoms with Crippen molar-refractivity contribution in [1.29, 1.82) is 0 Å². The van der Waals surface area contributed by atoms with Crippen molar-refractivity contribution in [3.8, 4) is 0 Å². The second-order valence-corrected chi connectivity index (χ2v) is 7.60. The fourth-order valence-electron chi connectivity index (χ4n) is 2.34. The minimum absolute atomic E-state index is 0.373. The maximum atomic E-state index is 12.0. The molecule has 0 aliphatic carbocycles. The number of nitrogens with one attached hydrogen (secondary N) is 1. The number of methoxy groups -OCH3 is 1. The molecule has 0 aromatic rings. The Balaban J connectivity index is 3.65. The van der Waals surface area contributed by atoms with E-state index in [2.05, 4.69) is 32.9 Å². The molecular weight excluding hydrogens is 455 g/mol. The van der Waals surface area contributed by atoms with Crippen LogP contribution in [0.1, 0.15) is 34.1 Å². The largest absolute Gasteiger partial charge is 0.467 e. The molecule has 0 saturated heterocycles. The lowest BCUT2D eigenvalue weighted by molar-refractivity contribution is -0.148. The van der Waals surface area contributed by atoms with Gasteiger partial charge in [0.15, 0.2) is 6.10 Å². The molecule has 0 radical (unpaired) electrons. The van der Waals surface area contributed by atoms with Crippen LogP contribution in [0.25, 0.3) is 0 Å². The van der Waals surface area contributed by atoms with E-state index in [1.807, 2.05) is 19.9 Å². The number of halogens is 2. The van der Waals surface area contributed by atoms with Crippen LogP contribution in [-0.2, 0) is 9.53 Å². The van der Waals surface area contributed by atoms with Gasteiger partial charge >= 0.3 is 5.97 Å². The summed E-state index contributed by atoms with van der Waals surface area (Å²) in [7, 11) is 1.26. The number of aliphatic imine (C=N–C) groups is 1. The summed E-state index contributed by atoms with van der Waals surface area (Å²) in [5.74, 6) is -0.707. The summed E-state index contributed by atoms with van der Waals surface area (Å²) in [5.41, 5.74) is 3.82. The van der Waals surface area contributed by atoms with Crippen molar-refractivity contribution in [3.63, 3.8) is 0 Å². The van der Waals surface area contributed by atoms with Gasteiger partial charge < -0.3 is 15.2 Å². The zero-order valence-electron chi connectivity index (χ0n) is 15.1. The van der Waals surface area contributed by atoms with Crippen molar-refractivity contribution in [1.82, 2.24) is 5.32 Å². The average Bonchev–Trinajstić information content (AvgIpc) is 2.61. The number of carbonyl (C=O) groups excluding carboxylic acids is 1. The van der Waals surface area contributed by atoms with Gasteiger partial charge in [-0.25, -0.2) is 4.79 Å². The zero-order valence-corrected chi connectivity index (χ0v) is 18.0. The van der Waals surface area contributed by atoms with E-state index in [-0.39, 0.29) is 0 Å². The normalized spacial score (nSPS) is 21.7. The molecule has 0 aromatic carbocycles. The maximum Gasteiger partial charge on any atom is 0.339 e. The molecule has 0 spiro atoms. The predicted octanol–water partition coefficient (Wildman–Crippen LogP) is 3.98. The molecule has 1 unspecified atom stereocenters. The van der Waals surface area contributed by atoms with Crippen molar-refractivity contribution in [2.24, 2.45) is 4.99 Å². The van der Waals surface area contributed by atoms with Gasteiger partial charge in [-0.2, -0.15) is 0 Å². The van der Waals surface area contributed by atoms with Crippen LogP contribution in [0.4, 0.5) is 0 Å². The summed E-state index contributed by atoms with van der Waals surface area (Å²) in [4.78, 5) is 16.4. The molecule has 138 valence electrons. The highest BCUT2D eigenvalue weighted by Crippen LogP contribution is 2.31. The Bertz CT molecular complexity index is 686. The first-order valence-corrected chi connectivity index (χ1v) is 9.25. The Kier molecular flexibility index (Phi) is 8.88. The van der Waals surface area contributed by atoms with Gasteiger partial charge in [0.1, 0.15) is 6.67 Å². The summed E-state index contributed by atoms with van der Waals surface area (Å²) in [5, 5.41) is 14.4. The van der Waals surface area contributed by atoms with Gasteiger partial charge in [0, 0.05) is 32.0 Å². The van der Waals surface area contributed by atoms with Crippen molar-refractivity contribution >= 4 is 45.9 Å². The molecule has 1 heterocycles. The van der Waals surface area contributed by atoms with E-state index in [0.29, 0.717) is 29.4 Å². The first-order valence-electron chi connectivity index (χ1n) is 7.79. The lowest BCUT2D eigenvalue weighted by Crippen LogP contribution is -2.29. The Morgan fingerprint density at radius 3 is 2.60 bits per heavy atom. The lowest BCUT2D eigenvalue weighted by atomic mass is 9.91. The fraction of sp³-hybridized carbons (Fsp3) is 0.444. The predicted molar refractivity (Wildman–Crippen MR) is 111 cm³/mol. The van der Waals surface area contributed by atoms with Crippen molar-refractivity contribution in [2.75, 3.05) is 13.8 Å². The summed E-state index contributed by atoms with van der Waals surface area (Å²) in [6.07, 6.45) is 2.83. The SMILES string of the molecule is COC(=O)C(O)C1=C(/C(C)=C/C=C(\C)Cl)C/C(I)=C(/C)NCN=C1C. The van der Waals surface area contributed by atoms with E-state index in [9.17, 15) is 9.90 Å². The molecule has 0 amide bonds. The van der Waals surface area contributed by atoms with E-state index in [4.69, 9.17) is 16.3 Å². The molecule has 0 fully saturated rings. The van der Waals surface area contributed by atoms with Crippen LogP contribution in [0.15, 0.2) is 48.2 Å². The first kappa shape index (κ1) is 21.9. The Hall–Kier alpha value is -1.12. The number of allylic oxidation sites excluding steroid dienone is 7. The Labute approximate surface area is 167 Å². The van der Waals surface area contributed by atoms with Gasteiger partial charge in [-0.05, 0) is 67.5 Å². The smallest absolute Gasteiger partial charge is 0.339 e. The third-order valence-electron chi connectivity index (χ3n) is 3.85. The van der Waals surface area contributed by atoms with E-state index in [1.165, 1.54) is 7.11 Å². The molecule has 0 aromatic heterocycles. The first-order chi connectivity index (χ1) is 11.7. The van der Waals surface area contributed by atoms with E-state index < -0.39 is 12.1 Å². The lowest BCUT2D eigenvalue weighted by Gasteiger charge is -2.19. The van der Waals surface area contributed by atoms with Gasteiger partial charge in [-0.15, -0.1) is 0 Å². The van der Waals surface area contributed by atoms with Gasteiger partial charge in [0.05, 0.1) is 7.11 Å². The minimum Gasteiger partial charge on any atom is -0.467 e. The number of nitrogens with zero attached hydrogens (tertiary/aromatic N) is 1. The number of aliphatic hydroxyl groups excluding tert-OH is 1. The van der Waals surface area contributed by atoms with E-state index in [0.717, 1.165) is 20.4 Å². The fourth-order valence-corrected chi connectivity index (χ4v) is 2.98. The molecule has 1 aliphatic rings. The van der Waals surface area contributed by atoms with Crippen LogP contribution in [0.3, 0.4) is 0 Å². The van der Waals surface area contributed by atoms with E-state index in [1.54, 1.807) is 19.9 Å². The quantitative estimate of drug-likeness (QED) is 0.364. The number of ether oxygens (including phenoxy) is 1. The molecule has 0 saturated carbocycles. The van der Waals surface area contributed by atoms with Crippen molar-refractivity contribution in [3.05, 3.63) is 43.2 Å². The topological polar surface area (TPSA) is 70.9 Å². The summed E-state index contributed by atoms with van der Waals surface area (Å²) >= 11 is 8.20. The van der Waals surface area contributed by atoms with E-state index >= 15 is 0 Å². The number of hydrogen-bond acceptors (Lipinski definition) is 5. The van der Waals surface area contributed by atoms with Crippen LogP contribution >= 0.6 is 34.2 Å². The van der Waals surface area contributed by atoms with Gasteiger partial charge in [-0.3, -0.25) is 4.99 Å². The Morgan fingerprint density at radius 2 is 2.04 bits per heavy atom. The van der Waals surface area contributed by atoms with Crippen molar-refractivity contribution < 1.29 is 14.6 Å². The molecule has 1 atom stereocenters. The number of rotatable bonds is 4. The van der Waals surface area contributed by atoms with Crippen LogP contribution in [-0.4, -0.2) is 36.7 Å². The highest BCUT2D eigenvalue weighted by atomic mass is 127. The number of esters is 1. The average molecular weight is 479 g/mol.